The van der Waals surface area contributed by atoms with Crippen molar-refractivity contribution in [3.05, 3.63) is 64.7 Å². The van der Waals surface area contributed by atoms with Gasteiger partial charge in [0.25, 0.3) is 5.91 Å². The standard InChI is InChI=1S/C17H15F4NO2/c1-10-5-3-4-6-11(10)8-22(2)14(23)9-24-17-15(20)12(18)7-13(19)16(17)21/h3-7H,8-9H2,1-2H3. The maximum Gasteiger partial charge on any atom is 0.260 e. The van der Waals surface area contributed by atoms with Crippen molar-refractivity contribution in [2.24, 2.45) is 0 Å². The molecule has 0 atom stereocenters. The van der Waals surface area contributed by atoms with Crippen LogP contribution in [0.25, 0.3) is 0 Å². The molecule has 1 amide bonds. The van der Waals surface area contributed by atoms with Crippen LogP contribution < -0.4 is 4.74 Å². The molecular formula is C17H15F4NO2. The predicted molar refractivity (Wildman–Crippen MR) is 79.4 cm³/mol. The normalized spacial score (nSPS) is 10.6. The van der Waals surface area contributed by atoms with E-state index in [1.807, 2.05) is 31.2 Å². The van der Waals surface area contributed by atoms with Gasteiger partial charge < -0.3 is 9.64 Å². The van der Waals surface area contributed by atoms with Crippen LogP contribution in [0.4, 0.5) is 17.6 Å². The Morgan fingerprint density at radius 3 is 2.25 bits per heavy atom. The van der Waals surface area contributed by atoms with E-state index in [1.165, 1.54) is 11.9 Å². The zero-order valence-electron chi connectivity index (χ0n) is 13.1. The molecule has 3 nitrogen and oxygen atoms in total. The fraction of sp³-hybridized carbons (Fsp3) is 0.235. The van der Waals surface area contributed by atoms with Crippen LogP contribution in [0.1, 0.15) is 11.1 Å². The molecule has 0 aromatic heterocycles. The molecule has 7 heteroatoms. The van der Waals surface area contributed by atoms with Crippen LogP contribution in [0, 0.1) is 30.2 Å². The van der Waals surface area contributed by atoms with Crippen LogP contribution >= 0.6 is 0 Å². The molecule has 2 rings (SSSR count). The lowest BCUT2D eigenvalue weighted by molar-refractivity contribution is -0.132. The van der Waals surface area contributed by atoms with Gasteiger partial charge in [0.2, 0.25) is 11.6 Å². The van der Waals surface area contributed by atoms with E-state index in [1.54, 1.807) is 0 Å². The molecule has 0 saturated carbocycles. The van der Waals surface area contributed by atoms with Crippen LogP contribution in [0.3, 0.4) is 0 Å². The summed E-state index contributed by atoms with van der Waals surface area (Å²) in [7, 11) is 1.48. The fourth-order valence-electron chi connectivity index (χ4n) is 2.05. The number of nitrogens with zero attached hydrogens (tertiary/aromatic N) is 1. The van der Waals surface area contributed by atoms with Crippen molar-refractivity contribution < 1.29 is 27.1 Å². The number of hydrogen-bond acceptors (Lipinski definition) is 2. The third-order valence-corrected chi connectivity index (χ3v) is 3.51. The summed E-state index contributed by atoms with van der Waals surface area (Å²) in [6.45, 7) is 1.39. The average Bonchev–Trinajstić information content (AvgIpc) is 2.54. The van der Waals surface area contributed by atoms with Crippen molar-refractivity contribution in [3.63, 3.8) is 0 Å². The lowest BCUT2D eigenvalue weighted by Crippen LogP contribution is -2.31. The number of hydrogen-bond donors (Lipinski definition) is 0. The number of amides is 1. The summed E-state index contributed by atoms with van der Waals surface area (Å²) in [5.74, 6) is -8.38. The van der Waals surface area contributed by atoms with Gasteiger partial charge in [-0.3, -0.25) is 4.79 Å². The monoisotopic (exact) mass is 341 g/mol. The predicted octanol–water partition coefficient (Wildman–Crippen LogP) is 3.59. The molecule has 0 fully saturated rings. The third kappa shape index (κ3) is 3.84. The van der Waals surface area contributed by atoms with Crippen LogP contribution in [0.15, 0.2) is 30.3 Å². The summed E-state index contributed by atoms with van der Waals surface area (Å²) in [5, 5.41) is 0. The zero-order valence-corrected chi connectivity index (χ0v) is 13.1. The van der Waals surface area contributed by atoms with Gasteiger partial charge in [-0.25, -0.2) is 8.78 Å². The van der Waals surface area contributed by atoms with Crippen LogP contribution in [-0.4, -0.2) is 24.5 Å². The van der Waals surface area contributed by atoms with Crippen LogP contribution in [-0.2, 0) is 11.3 Å². The highest BCUT2D eigenvalue weighted by Gasteiger charge is 2.22. The van der Waals surface area contributed by atoms with Crippen molar-refractivity contribution in [3.8, 4) is 5.75 Å². The van der Waals surface area contributed by atoms with E-state index in [0.29, 0.717) is 0 Å². The number of ether oxygens (including phenoxy) is 1. The molecular weight excluding hydrogens is 326 g/mol. The highest BCUT2D eigenvalue weighted by Crippen LogP contribution is 2.26. The number of benzene rings is 2. The van der Waals surface area contributed by atoms with Crippen LogP contribution in [0.2, 0.25) is 0 Å². The molecule has 0 radical (unpaired) electrons. The Morgan fingerprint density at radius 1 is 1.08 bits per heavy atom. The molecule has 0 unspecified atom stereocenters. The molecule has 0 bridgehead atoms. The largest absolute Gasteiger partial charge is 0.477 e. The number of carbonyl (C=O) groups is 1. The molecule has 128 valence electrons. The topological polar surface area (TPSA) is 29.5 Å². The van der Waals surface area contributed by atoms with E-state index in [2.05, 4.69) is 4.74 Å². The zero-order chi connectivity index (χ0) is 17.9. The van der Waals surface area contributed by atoms with Gasteiger partial charge in [-0.1, -0.05) is 24.3 Å². The van der Waals surface area contributed by atoms with E-state index in [9.17, 15) is 22.4 Å². The molecule has 0 N–H and O–H groups in total. The molecule has 0 saturated heterocycles. The van der Waals surface area contributed by atoms with Crippen LogP contribution in [0.5, 0.6) is 5.75 Å². The third-order valence-electron chi connectivity index (χ3n) is 3.51. The Bertz CT molecular complexity index is 738. The molecule has 24 heavy (non-hydrogen) atoms. The molecule has 2 aromatic rings. The summed E-state index contributed by atoms with van der Waals surface area (Å²) in [6, 6.07) is 7.46. The molecule has 0 aliphatic rings. The van der Waals surface area contributed by atoms with Gasteiger partial charge in [0, 0.05) is 19.7 Å². The summed E-state index contributed by atoms with van der Waals surface area (Å²) in [6.07, 6.45) is 0. The second kappa shape index (κ2) is 7.33. The van der Waals surface area contributed by atoms with Gasteiger partial charge in [-0.05, 0) is 18.1 Å². The minimum Gasteiger partial charge on any atom is -0.477 e. The Labute approximate surface area is 136 Å². The van der Waals surface area contributed by atoms with Crippen molar-refractivity contribution >= 4 is 5.91 Å². The summed E-state index contributed by atoms with van der Waals surface area (Å²) in [5.41, 5.74) is 1.87. The number of halogens is 4. The van der Waals surface area contributed by atoms with Crippen molar-refractivity contribution in [2.45, 2.75) is 13.5 Å². The summed E-state index contributed by atoms with van der Waals surface area (Å²) in [4.78, 5) is 13.3. The maximum atomic E-state index is 13.5. The van der Waals surface area contributed by atoms with Crippen molar-refractivity contribution in [2.75, 3.05) is 13.7 Å². The Balaban J connectivity index is 2.05. The minimum atomic E-state index is -1.68. The minimum absolute atomic E-state index is 0.0731. The average molecular weight is 341 g/mol. The highest BCUT2D eigenvalue weighted by atomic mass is 19.2. The highest BCUT2D eigenvalue weighted by molar-refractivity contribution is 5.77. The second-order valence-corrected chi connectivity index (χ2v) is 5.26. The number of aryl methyl sites for hydroxylation is 1. The molecule has 0 aliphatic heterocycles. The van der Waals surface area contributed by atoms with E-state index >= 15 is 0 Å². The first-order chi connectivity index (χ1) is 11.3. The molecule has 0 heterocycles. The SMILES string of the molecule is Cc1ccccc1CN(C)C(=O)COc1c(F)c(F)cc(F)c1F. The fourth-order valence-corrected chi connectivity index (χ4v) is 2.05. The first kappa shape index (κ1) is 17.8. The van der Waals surface area contributed by atoms with Crippen molar-refractivity contribution in [1.29, 1.82) is 0 Å². The molecule has 2 aromatic carbocycles. The first-order valence-corrected chi connectivity index (χ1v) is 7.05. The Kier molecular flexibility index (Phi) is 5.43. The number of rotatable bonds is 5. The number of likely N-dealkylation sites (N-methyl/N-ethyl adjacent to an activating group) is 1. The van der Waals surface area contributed by atoms with Gasteiger partial charge in [0.15, 0.2) is 24.0 Å². The first-order valence-electron chi connectivity index (χ1n) is 7.05. The van der Waals surface area contributed by atoms with Gasteiger partial charge in [-0.15, -0.1) is 0 Å². The Hall–Kier alpha value is -2.57. The summed E-state index contributed by atoms with van der Waals surface area (Å²) >= 11 is 0. The van der Waals surface area contributed by atoms with E-state index < -0.39 is 41.5 Å². The quantitative estimate of drug-likeness (QED) is 0.614. The van der Waals surface area contributed by atoms with E-state index in [0.717, 1.165) is 11.1 Å². The number of carbonyl (C=O) groups excluding carboxylic acids is 1. The maximum absolute atomic E-state index is 13.5. The van der Waals surface area contributed by atoms with Gasteiger partial charge in [-0.2, -0.15) is 8.78 Å². The lowest BCUT2D eigenvalue weighted by atomic mass is 10.1. The van der Waals surface area contributed by atoms with E-state index in [-0.39, 0.29) is 12.6 Å². The van der Waals surface area contributed by atoms with Crippen molar-refractivity contribution in [1.82, 2.24) is 4.90 Å². The van der Waals surface area contributed by atoms with Gasteiger partial charge >= 0.3 is 0 Å². The molecule has 0 aliphatic carbocycles. The van der Waals surface area contributed by atoms with E-state index in [4.69, 9.17) is 0 Å². The van der Waals surface area contributed by atoms with Gasteiger partial charge in [0.05, 0.1) is 0 Å². The summed E-state index contributed by atoms with van der Waals surface area (Å²) < 4.78 is 57.7. The molecule has 0 spiro atoms. The van der Waals surface area contributed by atoms with Gasteiger partial charge in [0.1, 0.15) is 0 Å². The smallest absolute Gasteiger partial charge is 0.260 e. The lowest BCUT2D eigenvalue weighted by Gasteiger charge is -2.19. The Morgan fingerprint density at radius 2 is 1.67 bits per heavy atom. The second-order valence-electron chi connectivity index (χ2n) is 5.26.